The minimum absolute atomic E-state index is 0.326. The van der Waals surface area contributed by atoms with Crippen LogP contribution in [0.3, 0.4) is 0 Å². The quantitative estimate of drug-likeness (QED) is 0.0930. The second kappa shape index (κ2) is 8.46. The standard InChI is InChI=1S/C26H7F11/c27-10-1-2-11-12(7-10)18(9-5-15(30)22(33)16(31)6-9)20-19(23(34)25(36)26(37)24(20)35)17(11)8-3-13(28)21(32)14(29)4-8/h1-7H. The van der Waals surface area contributed by atoms with E-state index < -0.39 is 102 Å². The lowest BCUT2D eigenvalue weighted by molar-refractivity contribution is 0.418. The minimum atomic E-state index is -2.37. The fourth-order valence-corrected chi connectivity index (χ4v) is 4.31. The van der Waals surface area contributed by atoms with E-state index >= 15 is 8.78 Å². The number of rotatable bonds is 2. The molecule has 0 aliphatic heterocycles. The summed E-state index contributed by atoms with van der Waals surface area (Å²) in [6.07, 6.45) is 0. The Morgan fingerprint density at radius 1 is 0.351 bits per heavy atom. The van der Waals surface area contributed by atoms with Gasteiger partial charge >= 0.3 is 0 Å². The molecule has 0 aliphatic carbocycles. The Bertz CT molecular complexity index is 1740. The molecule has 0 atom stereocenters. The molecule has 0 fully saturated rings. The molecule has 0 amide bonds. The molecule has 0 nitrogen and oxygen atoms in total. The molecule has 0 heterocycles. The molecule has 0 bridgehead atoms. The average molecular weight is 528 g/mol. The lowest BCUT2D eigenvalue weighted by atomic mass is 9.85. The van der Waals surface area contributed by atoms with E-state index in [0.29, 0.717) is 30.3 Å². The van der Waals surface area contributed by atoms with Gasteiger partial charge in [-0.25, -0.2) is 48.3 Å². The molecule has 0 N–H and O–H groups in total. The predicted molar refractivity (Wildman–Crippen MR) is 112 cm³/mol. The molecule has 0 saturated carbocycles. The summed E-state index contributed by atoms with van der Waals surface area (Å²) in [4.78, 5) is 0. The van der Waals surface area contributed by atoms with Crippen molar-refractivity contribution >= 4 is 21.5 Å². The fraction of sp³-hybridized carbons (Fsp3) is 0. The molecule has 0 saturated heterocycles. The lowest BCUT2D eigenvalue weighted by Gasteiger charge is -2.20. The summed E-state index contributed by atoms with van der Waals surface area (Å²) < 4.78 is 157. The van der Waals surface area contributed by atoms with Gasteiger partial charge in [0.15, 0.2) is 58.2 Å². The Morgan fingerprint density at radius 2 is 0.730 bits per heavy atom. The summed E-state index contributed by atoms with van der Waals surface area (Å²) in [5.41, 5.74) is -2.93. The summed E-state index contributed by atoms with van der Waals surface area (Å²) >= 11 is 0. The Hall–Kier alpha value is -4.15. The molecule has 188 valence electrons. The van der Waals surface area contributed by atoms with E-state index in [9.17, 15) is 39.5 Å². The van der Waals surface area contributed by atoms with E-state index in [0.717, 1.165) is 12.1 Å². The van der Waals surface area contributed by atoms with Crippen LogP contribution in [-0.4, -0.2) is 0 Å². The Kier molecular flexibility index (Phi) is 5.61. The Balaban J connectivity index is 2.14. The van der Waals surface area contributed by atoms with Crippen LogP contribution in [0, 0.1) is 64.0 Å². The van der Waals surface area contributed by atoms with Crippen LogP contribution in [0.15, 0.2) is 42.5 Å². The SMILES string of the molecule is Fc1ccc2c(-c3cc(F)c(F)c(F)c3)c3c(F)c(F)c(F)c(F)c3c(-c3cc(F)c(F)c(F)c3)c2c1. The van der Waals surface area contributed by atoms with Crippen molar-refractivity contribution in [2.24, 2.45) is 0 Å². The van der Waals surface area contributed by atoms with Gasteiger partial charge in [0.25, 0.3) is 0 Å². The molecule has 5 aromatic rings. The average Bonchev–Trinajstić information content (AvgIpc) is 2.85. The van der Waals surface area contributed by atoms with Crippen molar-refractivity contribution in [3.63, 3.8) is 0 Å². The maximum Gasteiger partial charge on any atom is 0.198 e. The molecule has 5 rings (SSSR count). The van der Waals surface area contributed by atoms with E-state index in [-0.39, 0.29) is 5.39 Å². The van der Waals surface area contributed by atoms with Gasteiger partial charge in [-0.2, -0.15) is 0 Å². The van der Waals surface area contributed by atoms with Gasteiger partial charge in [0.1, 0.15) is 5.82 Å². The van der Waals surface area contributed by atoms with Crippen LogP contribution >= 0.6 is 0 Å². The molecule has 5 aromatic carbocycles. The largest absolute Gasteiger partial charge is 0.207 e. The highest BCUT2D eigenvalue weighted by molar-refractivity contribution is 6.21. The van der Waals surface area contributed by atoms with Crippen LogP contribution < -0.4 is 0 Å². The lowest BCUT2D eigenvalue weighted by Crippen LogP contribution is -2.04. The number of halogens is 11. The molecule has 0 aromatic heterocycles. The number of fused-ring (bicyclic) bond motifs is 2. The van der Waals surface area contributed by atoms with Crippen LogP contribution in [0.2, 0.25) is 0 Å². The zero-order valence-corrected chi connectivity index (χ0v) is 17.7. The van der Waals surface area contributed by atoms with Crippen molar-refractivity contribution in [1.82, 2.24) is 0 Å². The summed E-state index contributed by atoms with van der Waals surface area (Å²) in [7, 11) is 0. The highest BCUT2D eigenvalue weighted by atomic mass is 19.2. The first kappa shape index (κ1) is 24.5. The normalized spacial score (nSPS) is 11.6. The first-order valence-electron chi connectivity index (χ1n) is 10.1. The van der Waals surface area contributed by atoms with Gasteiger partial charge in [0.05, 0.1) is 0 Å². The number of hydrogen-bond donors (Lipinski definition) is 0. The van der Waals surface area contributed by atoms with E-state index in [1.54, 1.807) is 0 Å². The fourth-order valence-electron chi connectivity index (χ4n) is 4.31. The molecule has 0 spiro atoms. The summed E-state index contributed by atoms with van der Waals surface area (Å²) in [6.45, 7) is 0. The van der Waals surface area contributed by atoms with Crippen LogP contribution in [0.4, 0.5) is 48.3 Å². The van der Waals surface area contributed by atoms with Crippen molar-refractivity contribution in [1.29, 1.82) is 0 Å². The van der Waals surface area contributed by atoms with E-state index in [2.05, 4.69) is 0 Å². The first-order valence-corrected chi connectivity index (χ1v) is 10.1. The molecular weight excluding hydrogens is 521 g/mol. The van der Waals surface area contributed by atoms with Gasteiger partial charge < -0.3 is 0 Å². The first-order chi connectivity index (χ1) is 17.4. The Morgan fingerprint density at radius 3 is 1.14 bits per heavy atom. The summed E-state index contributed by atoms with van der Waals surface area (Å²) in [5, 5.41) is -3.27. The van der Waals surface area contributed by atoms with Crippen molar-refractivity contribution in [3.8, 4) is 22.3 Å². The highest BCUT2D eigenvalue weighted by Gasteiger charge is 2.30. The van der Waals surface area contributed by atoms with Crippen molar-refractivity contribution in [2.45, 2.75) is 0 Å². The summed E-state index contributed by atoms with van der Waals surface area (Å²) in [5.74, 6) is -21.0. The summed E-state index contributed by atoms with van der Waals surface area (Å²) in [6, 6.07) is 3.65. The predicted octanol–water partition coefficient (Wildman–Crippen LogP) is 8.86. The van der Waals surface area contributed by atoms with Gasteiger partial charge in [0.2, 0.25) is 0 Å². The van der Waals surface area contributed by atoms with Crippen LogP contribution in [0.5, 0.6) is 0 Å². The topological polar surface area (TPSA) is 0 Å². The molecular formula is C26H7F11. The van der Waals surface area contributed by atoms with Crippen molar-refractivity contribution in [3.05, 3.63) is 106 Å². The van der Waals surface area contributed by atoms with Gasteiger partial charge in [-0.15, -0.1) is 0 Å². The monoisotopic (exact) mass is 528 g/mol. The minimum Gasteiger partial charge on any atom is -0.207 e. The molecule has 11 heteroatoms. The third kappa shape index (κ3) is 3.59. The zero-order chi connectivity index (χ0) is 26.9. The van der Waals surface area contributed by atoms with Gasteiger partial charge in [0, 0.05) is 21.9 Å². The van der Waals surface area contributed by atoms with E-state index in [4.69, 9.17) is 0 Å². The van der Waals surface area contributed by atoms with E-state index in [1.165, 1.54) is 0 Å². The van der Waals surface area contributed by atoms with Crippen LogP contribution in [-0.2, 0) is 0 Å². The Labute approximate surface area is 199 Å². The molecule has 37 heavy (non-hydrogen) atoms. The second-order valence-corrected chi connectivity index (χ2v) is 7.95. The van der Waals surface area contributed by atoms with Crippen LogP contribution in [0.25, 0.3) is 43.8 Å². The van der Waals surface area contributed by atoms with E-state index in [1.807, 2.05) is 0 Å². The second-order valence-electron chi connectivity index (χ2n) is 7.95. The number of hydrogen-bond acceptors (Lipinski definition) is 0. The maximum absolute atomic E-state index is 15.3. The molecule has 0 radical (unpaired) electrons. The zero-order valence-electron chi connectivity index (χ0n) is 17.7. The highest BCUT2D eigenvalue weighted by Crippen LogP contribution is 2.47. The molecule has 0 unspecified atom stereocenters. The molecule has 0 aliphatic rings. The smallest absolute Gasteiger partial charge is 0.198 e. The van der Waals surface area contributed by atoms with Gasteiger partial charge in [-0.1, -0.05) is 6.07 Å². The third-order valence-corrected chi connectivity index (χ3v) is 5.83. The van der Waals surface area contributed by atoms with Crippen molar-refractivity contribution in [2.75, 3.05) is 0 Å². The van der Waals surface area contributed by atoms with Gasteiger partial charge in [-0.05, 0) is 58.3 Å². The van der Waals surface area contributed by atoms with Crippen LogP contribution in [0.1, 0.15) is 0 Å². The van der Waals surface area contributed by atoms with Gasteiger partial charge in [-0.3, -0.25) is 0 Å². The maximum atomic E-state index is 15.3. The third-order valence-electron chi connectivity index (χ3n) is 5.83. The van der Waals surface area contributed by atoms with Crippen molar-refractivity contribution < 1.29 is 48.3 Å². The number of benzene rings is 5.